The van der Waals surface area contributed by atoms with Crippen LogP contribution in [0, 0.1) is 0 Å². The van der Waals surface area contributed by atoms with Crippen molar-refractivity contribution in [2.24, 2.45) is 0 Å². The van der Waals surface area contributed by atoms with Crippen molar-refractivity contribution in [3.05, 3.63) is 29.8 Å². The van der Waals surface area contributed by atoms with Crippen LogP contribution < -0.4 is 4.74 Å². The van der Waals surface area contributed by atoms with Gasteiger partial charge in [-0.2, -0.15) is 57.1 Å². The van der Waals surface area contributed by atoms with E-state index in [0.717, 1.165) is 19.2 Å². The van der Waals surface area contributed by atoms with Crippen LogP contribution in [-0.2, 0) is 6.42 Å². The highest BCUT2D eigenvalue weighted by atomic mass is 19.4. The molecule has 0 spiro atoms. The highest BCUT2D eigenvalue weighted by Gasteiger charge is 2.90. The molecule has 0 amide bonds. The van der Waals surface area contributed by atoms with Gasteiger partial charge in [0.1, 0.15) is 5.75 Å². The van der Waals surface area contributed by atoms with Gasteiger partial charge in [-0.05, 0) is 17.7 Å². The number of ether oxygens (including phenoxy) is 1. The van der Waals surface area contributed by atoms with Crippen molar-refractivity contribution in [1.82, 2.24) is 0 Å². The molecule has 0 saturated heterocycles. The fourth-order valence-electron chi connectivity index (χ4n) is 1.91. The van der Waals surface area contributed by atoms with E-state index in [1.54, 1.807) is 0 Å². The van der Waals surface area contributed by atoms with Crippen LogP contribution in [0.2, 0.25) is 0 Å². The molecule has 162 valence electrons. The van der Waals surface area contributed by atoms with E-state index < -0.39 is 47.8 Å². The van der Waals surface area contributed by atoms with E-state index in [9.17, 15) is 57.1 Å². The number of halogens is 13. The zero-order valence-corrected chi connectivity index (χ0v) is 13.3. The highest BCUT2D eigenvalue weighted by Crippen LogP contribution is 2.60. The average Bonchev–Trinajstić information content (AvgIpc) is 2.53. The Kier molecular flexibility index (Phi) is 5.92. The summed E-state index contributed by atoms with van der Waals surface area (Å²) in [6.07, 6.45) is -9.78. The first-order valence-corrected chi connectivity index (χ1v) is 6.85. The van der Waals surface area contributed by atoms with E-state index in [-0.39, 0.29) is 5.75 Å². The Morgan fingerprint density at radius 2 is 1.00 bits per heavy atom. The number of alkyl halides is 13. The minimum absolute atomic E-state index is 0.000471. The topological polar surface area (TPSA) is 9.23 Å². The van der Waals surface area contributed by atoms with Crippen LogP contribution in [0.15, 0.2) is 24.3 Å². The van der Waals surface area contributed by atoms with E-state index in [0.29, 0.717) is 12.1 Å². The van der Waals surface area contributed by atoms with Gasteiger partial charge >= 0.3 is 35.8 Å². The van der Waals surface area contributed by atoms with Gasteiger partial charge in [0, 0.05) is 6.42 Å². The molecule has 1 aromatic rings. The van der Waals surface area contributed by atoms with Crippen molar-refractivity contribution < 1.29 is 61.8 Å². The van der Waals surface area contributed by atoms with Crippen LogP contribution in [0.3, 0.4) is 0 Å². The minimum atomic E-state index is -7.88. The summed E-state index contributed by atoms with van der Waals surface area (Å²) < 4.78 is 173. The molecule has 0 saturated carbocycles. The molecule has 0 fully saturated rings. The summed E-state index contributed by atoms with van der Waals surface area (Å²) >= 11 is 0. The second-order valence-corrected chi connectivity index (χ2v) is 5.52. The number of hydrogen-bond acceptors (Lipinski definition) is 1. The molecule has 0 N–H and O–H groups in total. The molecule has 0 radical (unpaired) electrons. The minimum Gasteiger partial charge on any atom is -0.497 e. The van der Waals surface area contributed by atoms with Crippen molar-refractivity contribution >= 4 is 0 Å². The Labute approximate surface area is 148 Å². The third-order valence-corrected chi connectivity index (χ3v) is 3.58. The lowest BCUT2D eigenvalue weighted by Crippen LogP contribution is -2.70. The molecule has 0 aliphatic rings. The van der Waals surface area contributed by atoms with Gasteiger partial charge in [-0.3, -0.25) is 0 Å². The molecule has 0 bridgehead atoms. The van der Waals surface area contributed by atoms with E-state index in [2.05, 4.69) is 4.74 Å². The normalized spacial score (nSPS) is 14.9. The highest BCUT2D eigenvalue weighted by molar-refractivity contribution is 5.28. The van der Waals surface area contributed by atoms with Crippen LogP contribution in [0.5, 0.6) is 5.75 Å². The summed E-state index contributed by atoms with van der Waals surface area (Å²) in [5.41, 5.74) is -0.841. The third-order valence-electron chi connectivity index (χ3n) is 3.58. The molecule has 0 aliphatic carbocycles. The Morgan fingerprint density at radius 3 is 1.36 bits per heavy atom. The zero-order chi connectivity index (χ0) is 22.4. The lowest BCUT2D eigenvalue weighted by atomic mass is 9.91. The smallest absolute Gasteiger partial charge is 0.460 e. The summed E-state index contributed by atoms with van der Waals surface area (Å²) in [6, 6.07) is 3.08. The van der Waals surface area contributed by atoms with Gasteiger partial charge in [-0.25, -0.2) is 0 Å². The summed E-state index contributed by atoms with van der Waals surface area (Å²) in [7, 11) is 1.11. The van der Waals surface area contributed by atoms with Crippen molar-refractivity contribution in [2.45, 2.75) is 42.2 Å². The second-order valence-electron chi connectivity index (χ2n) is 5.52. The summed E-state index contributed by atoms with van der Waals surface area (Å²) in [5, 5.41) is 0. The maximum absolute atomic E-state index is 13.7. The molecule has 0 unspecified atom stereocenters. The molecule has 1 rings (SSSR count). The van der Waals surface area contributed by atoms with Gasteiger partial charge in [-0.1, -0.05) is 12.1 Å². The third kappa shape index (κ3) is 3.56. The predicted molar refractivity (Wildman–Crippen MR) is 67.5 cm³/mol. The van der Waals surface area contributed by atoms with Gasteiger partial charge in [0.05, 0.1) is 7.11 Å². The molecule has 28 heavy (non-hydrogen) atoms. The monoisotopic (exact) mass is 440 g/mol. The van der Waals surface area contributed by atoms with Gasteiger partial charge in [0.25, 0.3) is 0 Å². The standard InChI is InChI=1S/C14H9F13O/c1-28-8-4-2-7(3-5-8)6-9(15,16)10(17,18)11(19,20)12(21,22)13(23,24)14(25,26)27/h2-5H,6H2,1H3. The van der Waals surface area contributed by atoms with E-state index in [1.807, 2.05) is 0 Å². The van der Waals surface area contributed by atoms with Crippen LogP contribution >= 0.6 is 0 Å². The summed E-state index contributed by atoms with van der Waals surface area (Å²) in [5.74, 6) is -36.8. The molecule has 0 aliphatic heterocycles. The molecule has 0 heterocycles. The van der Waals surface area contributed by atoms with Crippen LogP contribution in [0.4, 0.5) is 57.1 Å². The van der Waals surface area contributed by atoms with Gasteiger partial charge in [0.15, 0.2) is 0 Å². The van der Waals surface area contributed by atoms with E-state index in [4.69, 9.17) is 0 Å². The fourth-order valence-corrected chi connectivity index (χ4v) is 1.91. The maximum Gasteiger partial charge on any atom is 0.460 e. The lowest BCUT2D eigenvalue weighted by molar-refractivity contribution is -0.439. The zero-order valence-electron chi connectivity index (χ0n) is 13.3. The van der Waals surface area contributed by atoms with Crippen molar-refractivity contribution in [3.63, 3.8) is 0 Å². The fraction of sp³-hybridized carbons (Fsp3) is 0.571. The molecular weight excluding hydrogens is 431 g/mol. The number of rotatable bonds is 7. The number of methoxy groups -OCH3 is 1. The molecule has 14 heteroatoms. The van der Waals surface area contributed by atoms with E-state index in [1.165, 1.54) is 0 Å². The van der Waals surface area contributed by atoms with Crippen LogP contribution in [0.1, 0.15) is 5.56 Å². The first kappa shape index (κ1) is 24.1. The molecular formula is C14H9F13O. The Hall–Kier alpha value is -1.89. The van der Waals surface area contributed by atoms with Crippen molar-refractivity contribution in [2.75, 3.05) is 7.11 Å². The van der Waals surface area contributed by atoms with Crippen molar-refractivity contribution in [1.29, 1.82) is 0 Å². The summed E-state index contributed by atoms with van der Waals surface area (Å²) in [6.45, 7) is 0. The predicted octanol–water partition coefficient (Wildman–Crippen LogP) is 5.98. The van der Waals surface area contributed by atoms with Crippen LogP contribution in [-0.4, -0.2) is 42.9 Å². The molecule has 1 nitrogen and oxygen atoms in total. The van der Waals surface area contributed by atoms with E-state index >= 15 is 0 Å². The van der Waals surface area contributed by atoms with Crippen LogP contribution in [0.25, 0.3) is 0 Å². The average molecular weight is 440 g/mol. The number of hydrogen-bond donors (Lipinski definition) is 0. The Bertz CT molecular complexity index is 675. The molecule has 1 aromatic carbocycles. The van der Waals surface area contributed by atoms with Gasteiger partial charge in [-0.15, -0.1) is 0 Å². The lowest BCUT2D eigenvalue weighted by Gasteiger charge is -2.39. The summed E-state index contributed by atoms with van der Waals surface area (Å²) in [4.78, 5) is 0. The first-order valence-electron chi connectivity index (χ1n) is 6.85. The first-order chi connectivity index (χ1) is 12.3. The molecule has 0 atom stereocenters. The maximum atomic E-state index is 13.7. The molecule has 0 aromatic heterocycles. The van der Waals surface area contributed by atoms with Gasteiger partial charge < -0.3 is 4.74 Å². The van der Waals surface area contributed by atoms with Gasteiger partial charge in [0.2, 0.25) is 0 Å². The number of benzene rings is 1. The SMILES string of the molecule is COc1ccc(CC(F)(F)C(F)(F)C(F)(F)C(F)(F)C(F)(F)C(F)(F)F)cc1. The second kappa shape index (κ2) is 6.87. The largest absolute Gasteiger partial charge is 0.497 e. The Morgan fingerprint density at radius 1 is 0.607 bits per heavy atom. The quantitative estimate of drug-likeness (QED) is 0.475. The Balaban J connectivity index is 3.35. The van der Waals surface area contributed by atoms with Crippen molar-refractivity contribution in [3.8, 4) is 5.75 Å².